The summed E-state index contributed by atoms with van der Waals surface area (Å²) in [5.74, 6) is -1.35. The van der Waals surface area contributed by atoms with Gasteiger partial charge in [-0.2, -0.15) is 0 Å². The Morgan fingerprint density at radius 1 is 1.19 bits per heavy atom. The van der Waals surface area contributed by atoms with Crippen molar-refractivity contribution in [2.75, 3.05) is 0 Å². The Labute approximate surface area is 181 Å². The van der Waals surface area contributed by atoms with Crippen LogP contribution >= 0.6 is 0 Å². The molecule has 168 valence electrons. The molecule has 0 amide bonds. The zero-order valence-corrected chi connectivity index (χ0v) is 17.1. The lowest BCUT2D eigenvalue weighted by Gasteiger charge is -2.16. The molecule has 32 heavy (non-hydrogen) atoms. The molecule has 1 N–H and O–H groups in total. The van der Waals surface area contributed by atoms with Gasteiger partial charge in [0.2, 0.25) is 0 Å². The number of hydrogen-bond donors (Lipinski definition) is 1. The lowest BCUT2D eigenvalue weighted by atomic mass is 9.92. The minimum Gasteiger partial charge on any atom is -0.489 e. The van der Waals surface area contributed by atoms with Gasteiger partial charge in [0.25, 0.3) is 0 Å². The van der Waals surface area contributed by atoms with E-state index < -0.39 is 18.2 Å². The van der Waals surface area contributed by atoms with Crippen molar-refractivity contribution >= 4 is 11.5 Å². The van der Waals surface area contributed by atoms with Gasteiger partial charge in [0.15, 0.2) is 0 Å². The molecule has 0 radical (unpaired) electrons. The maximum atomic E-state index is 12.7. The predicted octanol–water partition coefficient (Wildman–Crippen LogP) is 5.79. The summed E-state index contributed by atoms with van der Waals surface area (Å²) in [6, 6.07) is 12.7. The fourth-order valence-corrected chi connectivity index (χ4v) is 3.15. The number of carboxylic acids is 1. The number of hydrogen-bond acceptors (Lipinski definition) is 5. The van der Waals surface area contributed by atoms with Crippen LogP contribution in [0.15, 0.2) is 65.9 Å². The highest BCUT2D eigenvalue weighted by atomic mass is 19.4. The molecule has 3 rings (SSSR count). The van der Waals surface area contributed by atoms with Gasteiger partial charge in [-0.3, -0.25) is 4.79 Å². The molecule has 0 aliphatic carbocycles. The van der Waals surface area contributed by atoms with Crippen LogP contribution in [0.25, 0.3) is 5.57 Å². The highest BCUT2D eigenvalue weighted by Gasteiger charge is 2.32. The number of aliphatic carboxylic acids is 1. The summed E-state index contributed by atoms with van der Waals surface area (Å²) in [7, 11) is 0. The number of rotatable bonds is 9. The quantitative estimate of drug-likeness (QED) is 0.447. The smallest absolute Gasteiger partial charge is 0.489 e. The number of ether oxygens (including phenoxy) is 2. The van der Waals surface area contributed by atoms with Crippen LogP contribution in [0.4, 0.5) is 13.2 Å². The molecule has 0 aliphatic rings. The summed E-state index contributed by atoms with van der Waals surface area (Å²) < 4.78 is 52.8. The first-order chi connectivity index (χ1) is 15.1. The third-order valence-electron chi connectivity index (χ3n) is 4.61. The first kappa shape index (κ1) is 22.9. The van der Waals surface area contributed by atoms with Crippen molar-refractivity contribution in [3.63, 3.8) is 0 Å². The van der Waals surface area contributed by atoms with Crippen LogP contribution in [-0.4, -0.2) is 22.6 Å². The molecular formula is C23H20F3NO5. The number of nitrogens with zero attached hydrogens (tertiary/aromatic N) is 1. The van der Waals surface area contributed by atoms with Crippen molar-refractivity contribution in [1.29, 1.82) is 0 Å². The molecular weight excluding hydrogens is 427 g/mol. The molecule has 1 heterocycles. The van der Waals surface area contributed by atoms with E-state index in [0.29, 0.717) is 28.1 Å². The Hall–Kier alpha value is -3.75. The van der Waals surface area contributed by atoms with Crippen molar-refractivity contribution < 1.29 is 37.1 Å². The van der Waals surface area contributed by atoms with Crippen LogP contribution in [0.5, 0.6) is 11.5 Å². The van der Waals surface area contributed by atoms with Crippen molar-refractivity contribution in [3.8, 4) is 11.5 Å². The fraction of sp³-hybridized carbons (Fsp3) is 0.217. The molecule has 1 aromatic heterocycles. The van der Waals surface area contributed by atoms with E-state index in [2.05, 4.69) is 16.5 Å². The molecule has 0 saturated carbocycles. The first-order valence-corrected chi connectivity index (χ1v) is 9.52. The molecule has 0 saturated heterocycles. The Balaban J connectivity index is 1.73. The lowest BCUT2D eigenvalue weighted by molar-refractivity contribution is -0.274. The second kappa shape index (κ2) is 9.59. The van der Waals surface area contributed by atoms with Gasteiger partial charge in [-0.25, -0.2) is 0 Å². The third-order valence-corrected chi connectivity index (χ3v) is 4.61. The summed E-state index contributed by atoms with van der Waals surface area (Å²) >= 11 is 0. The van der Waals surface area contributed by atoms with Gasteiger partial charge >= 0.3 is 12.3 Å². The van der Waals surface area contributed by atoms with Gasteiger partial charge in [-0.1, -0.05) is 36.0 Å². The number of carbonyl (C=O) groups is 1. The highest BCUT2D eigenvalue weighted by Crippen LogP contribution is 2.32. The Morgan fingerprint density at radius 2 is 1.91 bits per heavy atom. The van der Waals surface area contributed by atoms with Gasteiger partial charge in [-0.15, -0.1) is 13.2 Å². The molecule has 1 atom stereocenters. The number of aromatic nitrogens is 1. The van der Waals surface area contributed by atoms with Crippen LogP contribution in [0.3, 0.4) is 0 Å². The van der Waals surface area contributed by atoms with Gasteiger partial charge in [-0.05, 0) is 41.8 Å². The first-order valence-electron chi connectivity index (χ1n) is 9.52. The largest absolute Gasteiger partial charge is 0.573 e. The lowest BCUT2D eigenvalue weighted by Crippen LogP contribution is -2.18. The molecule has 6 nitrogen and oxygen atoms in total. The standard InChI is InChI=1S/C23H20F3NO5/c1-14(2)18-8-3-15(11-21(18)32-23(24,25)26)13-30-17-6-4-16(5-7-17)19(12-22(28)29)20-9-10-31-27-20/h3-11,19H,1,12-13H2,2H3,(H,28,29)/t19-/m0/s1. The van der Waals surface area contributed by atoms with Crippen molar-refractivity contribution in [3.05, 3.63) is 83.8 Å². The Morgan fingerprint density at radius 3 is 2.47 bits per heavy atom. The summed E-state index contributed by atoms with van der Waals surface area (Å²) in [6.07, 6.45) is -3.61. The predicted molar refractivity (Wildman–Crippen MR) is 109 cm³/mol. The summed E-state index contributed by atoms with van der Waals surface area (Å²) in [5.41, 5.74) is 2.38. The van der Waals surface area contributed by atoms with E-state index in [1.54, 1.807) is 43.3 Å². The van der Waals surface area contributed by atoms with E-state index in [-0.39, 0.29) is 24.3 Å². The average molecular weight is 447 g/mol. The van der Waals surface area contributed by atoms with E-state index in [1.807, 2.05) is 0 Å². The second-order valence-corrected chi connectivity index (χ2v) is 7.09. The average Bonchev–Trinajstić information content (AvgIpc) is 3.24. The van der Waals surface area contributed by atoms with Gasteiger partial charge in [0, 0.05) is 17.5 Å². The summed E-state index contributed by atoms with van der Waals surface area (Å²) in [5, 5.41) is 13.0. The van der Waals surface area contributed by atoms with Gasteiger partial charge in [0.1, 0.15) is 24.4 Å². The number of carboxylic acid groups (broad SMARTS) is 1. The zero-order chi connectivity index (χ0) is 23.3. The second-order valence-electron chi connectivity index (χ2n) is 7.09. The third kappa shape index (κ3) is 6.13. The van der Waals surface area contributed by atoms with E-state index in [4.69, 9.17) is 9.26 Å². The molecule has 0 unspecified atom stereocenters. The number of alkyl halides is 3. The SMILES string of the molecule is C=C(C)c1ccc(COc2ccc([C@H](CC(=O)O)c3ccon3)cc2)cc1OC(F)(F)F. The maximum Gasteiger partial charge on any atom is 0.573 e. The van der Waals surface area contributed by atoms with Crippen LogP contribution in [0.1, 0.15) is 41.6 Å². The summed E-state index contributed by atoms with van der Waals surface area (Å²) in [4.78, 5) is 11.2. The molecule has 0 spiro atoms. The van der Waals surface area contributed by atoms with Crippen molar-refractivity contribution in [1.82, 2.24) is 5.16 Å². The number of benzene rings is 2. The summed E-state index contributed by atoms with van der Waals surface area (Å²) in [6.45, 7) is 5.27. The minimum atomic E-state index is -4.82. The zero-order valence-electron chi connectivity index (χ0n) is 17.1. The van der Waals surface area contributed by atoms with E-state index >= 15 is 0 Å². The molecule has 9 heteroatoms. The molecule has 0 fully saturated rings. The molecule has 3 aromatic rings. The molecule has 0 aliphatic heterocycles. The minimum absolute atomic E-state index is 0.00583. The highest BCUT2D eigenvalue weighted by molar-refractivity contribution is 5.69. The van der Waals surface area contributed by atoms with E-state index in [1.165, 1.54) is 18.4 Å². The van der Waals surface area contributed by atoms with Gasteiger partial charge in [0.05, 0.1) is 12.1 Å². The normalized spacial score (nSPS) is 12.2. The number of halogens is 3. The maximum absolute atomic E-state index is 12.7. The van der Waals surface area contributed by atoms with E-state index in [0.717, 1.165) is 0 Å². The topological polar surface area (TPSA) is 81.8 Å². The van der Waals surface area contributed by atoms with Crippen LogP contribution in [-0.2, 0) is 11.4 Å². The number of allylic oxidation sites excluding steroid dienone is 1. The Bertz CT molecular complexity index is 1080. The molecule has 0 bridgehead atoms. The van der Waals surface area contributed by atoms with Crippen LogP contribution in [0.2, 0.25) is 0 Å². The van der Waals surface area contributed by atoms with E-state index in [9.17, 15) is 23.1 Å². The van der Waals surface area contributed by atoms with Crippen LogP contribution in [0, 0.1) is 0 Å². The molecule has 2 aromatic carbocycles. The van der Waals surface area contributed by atoms with Crippen molar-refractivity contribution in [2.24, 2.45) is 0 Å². The van der Waals surface area contributed by atoms with Crippen molar-refractivity contribution in [2.45, 2.75) is 32.2 Å². The fourth-order valence-electron chi connectivity index (χ4n) is 3.15. The Kier molecular flexibility index (Phi) is 6.87. The monoisotopic (exact) mass is 447 g/mol. The van der Waals surface area contributed by atoms with Gasteiger partial charge < -0.3 is 19.1 Å². The van der Waals surface area contributed by atoms with Crippen LogP contribution < -0.4 is 9.47 Å².